The molecule has 2 fully saturated rings. The number of hydrogen-bond acceptors (Lipinski definition) is 2. The fraction of sp³-hybridized carbons (Fsp3) is 0.556. The van der Waals surface area contributed by atoms with Crippen LogP contribution in [0.15, 0.2) is 24.3 Å². The fourth-order valence-electron chi connectivity index (χ4n) is 3.53. The third-order valence-corrected chi connectivity index (χ3v) is 5.35. The summed E-state index contributed by atoms with van der Waals surface area (Å²) in [5.74, 6) is 0.795. The van der Waals surface area contributed by atoms with Crippen LogP contribution in [-0.4, -0.2) is 48.8 Å². The predicted molar refractivity (Wildman–Crippen MR) is 90.3 cm³/mol. The highest BCUT2D eigenvalue weighted by Gasteiger charge is 2.47. The Morgan fingerprint density at radius 3 is 2.43 bits per heavy atom. The molecule has 0 bridgehead atoms. The maximum Gasteiger partial charge on any atom is 0.226 e. The zero-order valence-corrected chi connectivity index (χ0v) is 14.4. The van der Waals surface area contributed by atoms with Gasteiger partial charge in [-0.05, 0) is 36.8 Å². The molecule has 2 aliphatic rings. The van der Waals surface area contributed by atoms with Crippen LogP contribution in [-0.2, 0) is 9.59 Å². The van der Waals surface area contributed by atoms with Crippen LogP contribution in [0.1, 0.15) is 30.7 Å². The van der Waals surface area contributed by atoms with Gasteiger partial charge in [0.15, 0.2) is 0 Å². The van der Waals surface area contributed by atoms with Gasteiger partial charge in [0, 0.05) is 44.0 Å². The Labute approximate surface area is 142 Å². The maximum absolute atomic E-state index is 12.7. The molecule has 2 atom stereocenters. The standard InChI is InChI=1S/C18H23ClN2O2/c1-20(2)17(22)12-7-9-21(10-8-12)18(23)15-11-14(15)13-5-3-4-6-16(13)19/h3-6,12,14-15H,7-11H2,1-2H3. The van der Waals surface area contributed by atoms with Gasteiger partial charge in [-0.1, -0.05) is 29.8 Å². The first-order valence-corrected chi connectivity index (χ1v) is 8.61. The van der Waals surface area contributed by atoms with E-state index in [9.17, 15) is 9.59 Å². The van der Waals surface area contributed by atoms with Gasteiger partial charge in [-0.15, -0.1) is 0 Å². The van der Waals surface area contributed by atoms with Crippen molar-refractivity contribution in [2.75, 3.05) is 27.2 Å². The Morgan fingerprint density at radius 1 is 1.17 bits per heavy atom. The molecule has 1 saturated carbocycles. The van der Waals surface area contributed by atoms with Crippen molar-refractivity contribution >= 4 is 23.4 Å². The third kappa shape index (κ3) is 3.37. The molecule has 0 N–H and O–H groups in total. The number of piperidine rings is 1. The van der Waals surface area contributed by atoms with E-state index >= 15 is 0 Å². The molecule has 3 rings (SSSR count). The number of amides is 2. The summed E-state index contributed by atoms with van der Waals surface area (Å²) in [5, 5.41) is 0.753. The number of benzene rings is 1. The molecule has 2 unspecified atom stereocenters. The van der Waals surface area contributed by atoms with Crippen LogP contribution in [0.3, 0.4) is 0 Å². The van der Waals surface area contributed by atoms with Crippen LogP contribution in [0.4, 0.5) is 0 Å². The third-order valence-electron chi connectivity index (χ3n) is 5.01. The normalized spacial score (nSPS) is 24.4. The quantitative estimate of drug-likeness (QED) is 0.852. The minimum absolute atomic E-state index is 0.0626. The Kier molecular flexibility index (Phi) is 4.62. The van der Waals surface area contributed by atoms with E-state index in [-0.39, 0.29) is 29.6 Å². The predicted octanol–water partition coefficient (Wildman–Crippen LogP) is 2.77. The Morgan fingerprint density at radius 2 is 1.83 bits per heavy atom. The van der Waals surface area contributed by atoms with Crippen molar-refractivity contribution in [3.63, 3.8) is 0 Å². The van der Waals surface area contributed by atoms with Crippen LogP contribution in [0.2, 0.25) is 5.02 Å². The van der Waals surface area contributed by atoms with Crippen LogP contribution in [0.5, 0.6) is 0 Å². The highest BCUT2D eigenvalue weighted by atomic mass is 35.5. The molecule has 1 heterocycles. The number of carbonyl (C=O) groups excluding carboxylic acids is 2. The van der Waals surface area contributed by atoms with Crippen LogP contribution >= 0.6 is 11.6 Å². The second-order valence-electron chi connectivity index (χ2n) is 6.80. The molecule has 1 aliphatic carbocycles. The van der Waals surface area contributed by atoms with Gasteiger partial charge < -0.3 is 9.80 Å². The van der Waals surface area contributed by atoms with Crippen molar-refractivity contribution in [1.82, 2.24) is 9.80 Å². The molecule has 124 valence electrons. The van der Waals surface area contributed by atoms with Gasteiger partial charge in [0.2, 0.25) is 11.8 Å². The van der Waals surface area contributed by atoms with E-state index in [2.05, 4.69) is 0 Å². The first-order chi connectivity index (χ1) is 11.0. The van der Waals surface area contributed by atoms with Gasteiger partial charge in [0.1, 0.15) is 0 Å². The summed E-state index contributed by atoms with van der Waals surface area (Å²) >= 11 is 6.23. The number of halogens is 1. The lowest BCUT2D eigenvalue weighted by Crippen LogP contribution is -2.43. The summed E-state index contributed by atoms with van der Waals surface area (Å²) in [5.41, 5.74) is 1.09. The van der Waals surface area contributed by atoms with E-state index in [1.54, 1.807) is 19.0 Å². The number of nitrogens with zero attached hydrogens (tertiary/aromatic N) is 2. The van der Waals surface area contributed by atoms with Gasteiger partial charge in [-0.2, -0.15) is 0 Å². The molecule has 2 amide bonds. The lowest BCUT2D eigenvalue weighted by atomic mass is 9.95. The summed E-state index contributed by atoms with van der Waals surface area (Å²) in [4.78, 5) is 28.2. The van der Waals surface area contributed by atoms with Gasteiger partial charge >= 0.3 is 0 Å². The Hall–Kier alpha value is -1.55. The molecule has 0 radical (unpaired) electrons. The van der Waals surface area contributed by atoms with Crippen molar-refractivity contribution in [2.45, 2.75) is 25.2 Å². The monoisotopic (exact) mass is 334 g/mol. The second kappa shape index (κ2) is 6.52. The topological polar surface area (TPSA) is 40.6 Å². The smallest absolute Gasteiger partial charge is 0.226 e. The van der Waals surface area contributed by atoms with Crippen molar-refractivity contribution in [2.24, 2.45) is 11.8 Å². The molecule has 23 heavy (non-hydrogen) atoms. The minimum Gasteiger partial charge on any atom is -0.349 e. The van der Waals surface area contributed by atoms with E-state index in [1.165, 1.54) is 0 Å². The lowest BCUT2D eigenvalue weighted by molar-refractivity contribution is -0.139. The van der Waals surface area contributed by atoms with Crippen LogP contribution < -0.4 is 0 Å². The molecule has 4 nitrogen and oxygen atoms in total. The van der Waals surface area contributed by atoms with E-state index in [0.717, 1.165) is 29.8 Å². The lowest BCUT2D eigenvalue weighted by Gasteiger charge is -2.32. The Bertz CT molecular complexity index is 609. The average molecular weight is 335 g/mol. The Balaban J connectivity index is 1.55. The zero-order valence-electron chi connectivity index (χ0n) is 13.7. The average Bonchev–Trinajstić information content (AvgIpc) is 3.34. The molecule has 5 heteroatoms. The second-order valence-corrected chi connectivity index (χ2v) is 7.21. The summed E-state index contributed by atoms with van der Waals surface area (Å²) in [7, 11) is 3.58. The molecular formula is C18H23ClN2O2. The fourth-order valence-corrected chi connectivity index (χ4v) is 3.81. The molecule has 1 aliphatic heterocycles. The number of rotatable bonds is 3. The molecule has 1 saturated heterocycles. The SMILES string of the molecule is CN(C)C(=O)C1CCN(C(=O)C2CC2c2ccccc2Cl)CC1. The molecule has 0 spiro atoms. The zero-order chi connectivity index (χ0) is 16.6. The van der Waals surface area contributed by atoms with Crippen molar-refractivity contribution in [1.29, 1.82) is 0 Å². The first-order valence-electron chi connectivity index (χ1n) is 8.23. The van der Waals surface area contributed by atoms with E-state index in [0.29, 0.717) is 13.1 Å². The molecule has 1 aromatic rings. The van der Waals surface area contributed by atoms with E-state index in [1.807, 2.05) is 29.2 Å². The largest absolute Gasteiger partial charge is 0.349 e. The van der Waals surface area contributed by atoms with Gasteiger partial charge in [-0.3, -0.25) is 9.59 Å². The van der Waals surface area contributed by atoms with Crippen LogP contribution in [0, 0.1) is 11.8 Å². The summed E-state index contributed by atoms with van der Waals surface area (Å²) in [6.07, 6.45) is 2.43. The highest BCUT2D eigenvalue weighted by molar-refractivity contribution is 6.31. The van der Waals surface area contributed by atoms with Crippen LogP contribution in [0.25, 0.3) is 0 Å². The van der Waals surface area contributed by atoms with Gasteiger partial charge in [0.25, 0.3) is 0 Å². The van der Waals surface area contributed by atoms with E-state index in [4.69, 9.17) is 11.6 Å². The van der Waals surface area contributed by atoms with Crippen molar-refractivity contribution < 1.29 is 9.59 Å². The first kappa shape index (κ1) is 16.3. The van der Waals surface area contributed by atoms with Crippen molar-refractivity contribution in [3.8, 4) is 0 Å². The summed E-state index contributed by atoms with van der Waals surface area (Å²) in [6, 6.07) is 7.79. The number of carbonyl (C=O) groups is 2. The molecule has 0 aromatic heterocycles. The molecule has 1 aromatic carbocycles. The van der Waals surface area contributed by atoms with Crippen molar-refractivity contribution in [3.05, 3.63) is 34.9 Å². The maximum atomic E-state index is 12.7. The number of likely N-dealkylation sites (tertiary alicyclic amines) is 1. The number of hydrogen-bond donors (Lipinski definition) is 0. The van der Waals surface area contributed by atoms with Gasteiger partial charge in [0.05, 0.1) is 0 Å². The van der Waals surface area contributed by atoms with Gasteiger partial charge in [-0.25, -0.2) is 0 Å². The van der Waals surface area contributed by atoms with E-state index < -0.39 is 0 Å². The summed E-state index contributed by atoms with van der Waals surface area (Å²) in [6.45, 7) is 1.38. The minimum atomic E-state index is 0.0626. The summed E-state index contributed by atoms with van der Waals surface area (Å²) < 4.78 is 0. The highest BCUT2D eigenvalue weighted by Crippen LogP contribution is 2.50. The molecular weight excluding hydrogens is 312 g/mol.